The number of alkyl halides is 1. The molecule has 106 valence electrons. The van der Waals surface area contributed by atoms with Crippen LogP contribution in [-0.4, -0.2) is 16.8 Å². The van der Waals surface area contributed by atoms with E-state index in [1.807, 2.05) is 24.3 Å². The van der Waals surface area contributed by atoms with Gasteiger partial charge in [0.25, 0.3) is 5.91 Å². The molecule has 0 aromatic heterocycles. The van der Waals surface area contributed by atoms with Gasteiger partial charge in [-0.25, -0.2) is 0 Å². The molecule has 1 saturated carbocycles. The third-order valence-corrected chi connectivity index (χ3v) is 5.33. The largest absolute Gasteiger partial charge is 0.343 e. The van der Waals surface area contributed by atoms with E-state index in [-0.39, 0.29) is 11.4 Å². The van der Waals surface area contributed by atoms with Gasteiger partial charge in [0.15, 0.2) is 0 Å². The molecule has 1 fully saturated rings. The summed E-state index contributed by atoms with van der Waals surface area (Å²) in [6.07, 6.45) is 5.68. The Hall–Kier alpha value is -0.800. The van der Waals surface area contributed by atoms with Gasteiger partial charge in [0.2, 0.25) is 0 Å². The van der Waals surface area contributed by atoms with Gasteiger partial charge in [-0.3, -0.25) is 4.79 Å². The highest BCUT2D eigenvalue weighted by molar-refractivity contribution is 9.09. The molecule has 1 aromatic rings. The monoisotopic (exact) mass is 353 g/mol. The lowest BCUT2D eigenvalue weighted by atomic mass is 9.77. The maximum Gasteiger partial charge on any atom is 0.252 e. The first kappa shape index (κ1) is 14.2. The minimum Gasteiger partial charge on any atom is -0.343 e. The van der Waals surface area contributed by atoms with Gasteiger partial charge in [-0.2, -0.15) is 0 Å². The van der Waals surface area contributed by atoms with Crippen molar-refractivity contribution in [3.05, 3.63) is 40.4 Å². The van der Waals surface area contributed by atoms with Crippen molar-refractivity contribution in [1.82, 2.24) is 5.32 Å². The summed E-state index contributed by atoms with van der Waals surface area (Å²) < 4.78 is 0. The highest BCUT2D eigenvalue weighted by atomic mass is 79.9. The Morgan fingerprint density at radius 2 is 1.90 bits per heavy atom. The Morgan fingerprint density at radius 3 is 2.55 bits per heavy atom. The smallest absolute Gasteiger partial charge is 0.252 e. The van der Waals surface area contributed by atoms with Gasteiger partial charge >= 0.3 is 0 Å². The minimum atomic E-state index is -0.145. The topological polar surface area (TPSA) is 29.1 Å². The lowest BCUT2D eigenvalue weighted by Crippen LogP contribution is -2.46. The second-order valence-electron chi connectivity index (χ2n) is 5.56. The molecule has 0 saturated heterocycles. The van der Waals surface area contributed by atoms with Crippen molar-refractivity contribution in [2.24, 2.45) is 0 Å². The van der Waals surface area contributed by atoms with Crippen molar-refractivity contribution in [1.29, 1.82) is 0 Å². The molecule has 2 nitrogen and oxygen atoms in total. The Bertz CT molecular complexity index is 576. The Kier molecular flexibility index (Phi) is 3.91. The molecular formula is C16H17BrClNO. The van der Waals surface area contributed by atoms with Gasteiger partial charge in [0, 0.05) is 15.9 Å². The van der Waals surface area contributed by atoms with E-state index in [0.717, 1.165) is 24.0 Å². The van der Waals surface area contributed by atoms with Crippen molar-refractivity contribution in [2.45, 2.75) is 37.6 Å². The van der Waals surface area contributed by atoms with E-state index >= 15 is 0 Å². The molecule has 0 unspecified atom stereocenters. The maximum atomic E-state index is 12.5. The third-order valence-electron chi connectivity index (χ3n) is 4.44. The summed E-state index contributed by atoms with van der Waals surface area (Å²) in [7, 11) is 0. The molecule has 0 atom stereocenters. The van der Waals surface area contributed by atoms with Crippen LogP contribution in [0.15, 0.2) is 29.8 Å². The molecule has 1 aromatic carbocycles. The first-order valence-electron chi connectivity index (χ1n) is 7.05. The Balaban J connectivity index is 2.13. The molecule has 0 bridgehead atoms. The van der Waals surface area contributed by atoms with Crippen molar-refractivity contribution < 1.29 is 4.79 Å². The van der Waals surface area contributed by atoms with Crippen LogP contribution in [0, 0.1) is 0 Å². The van der Waals surface area contributed by atoms with Crippen LogP contribution in [0.2, 0.25) is 5.02 Å². The standard InChI is InChI=1S/C16H17BrClNO/c17-10-12-14(11-6-2-3-7-13(11)18)15(20)19-16(12)8-4-1-5-9-16/h2-3,6-7H,1,4-5,8-10H2,(H,19,20). The van der Waals surface area contributed by atoms with Crippen molar-refractivity contribution >= 4 is 39.0 Å². The zero-order valence-corrected chi connectivity index (χ0v) is 13.6. The second kappa shape index (κ2) is 5.53. The number of amides is 1. The van der Waals surface area contributed by atoms with Crippen molar-refractivity contribution in [3.8, 4) is 0 Å². The summed E-state index contributed by atoms with van der Waals surface area (Å²) in [5, 5.41) is 4.60. The summed E-state index contributed by atoms with van der Waals surface area (Å²) in [5.74, 6) is 0.0226. The van der Waals surface area contributed by atoms with Crippen LogP contribution in [0.5, 0.6) is 0 Å². The van der Waals surface area contributed by atoms with E-state index in [4.69, 9.17) is 11.6 Å². The average molecular weight is 355 g/mol. The predicted octanol–water partition coefficient (Wildman–Crippen LogP) is 4.32. The number of nitrogens with one attached hydrogen (secondary N) is 1. The SMILES string of the molecule is O=C1NC2(CCCCC2)C(CBr)=C1c1ccccc1Cl. The molecule has 1 heterocycles. The Morgan fingerprint density at radius 1 is 1.20 bits per heavy atom. The van der Waals surface area contributed by atoms with Crippen LogP contribution in [-0.2, 0) is 4.79 Å². The first-order chi connectivity index (χ1) is 9.68. The molecule has 1 aliphatic carbocycles. The molecule has 4 heteroatoms. The fourth-order valence-electron chi connectivity index (χ4n) is 3.46. The molecule has 2 aliphatic rings. The van der Waals surface area contributed by atoms with Gasteiger partial charge in [0.05, 0.1) is 11.1 Å². The molecular weight excluding hydrogens is 338 g/mol. The van der Waals surface area contributed by atoms with E-state index < -0.39 is 0 Å². The van der Waals surface area contributed by atoms with Crippen LogP contribution in [0.3, 0.4) is 0 Å². The summed E-state index contributed by atoms with van der Waals surface area (Å²) >= 11 is 9.87. The number of hydrogen-bond acceptors (Lipinski definition) is 1. The fraction of sp³-hybridized carbons (Fsp3) is 0.438. The first-order valence-corrected chi connectivity index (χ1v) is 8.55. The summed E-state index contributed by atoms with van der Waals surface area (Å²) in [5.41, 5.74) is 2.65. The van der Waals surface area contributed by atoms with Gasteiger partial charge < -0.3 is 5.32 Å². The highest BCUT2D eigenvalue weighted by Crippen LogP contribution is 2.44. The van der Waals surface area contributed by atoms with Crippen LogP contribution < -0.4 is 5.32 Å². The van der Waals surface area contributed by atoms with Crippen LogP contribution >= 0.6 is 27.5 Å². The molecule has 1 aliphatic heterocycles. The van der Waals surface area contributed by atoms with E-state index in [1.54, 1.807) is 0 Å². The number of benzene rings is 1. The van der Waals surface area contributed by atoms with Gasteiger partial charge in [-0.05, 0) is 24.5 Å². The summed E-state index contributed by atoms with van der Waals surface area (Å²) in [6, 6.07) is 7.60. The van der Waals surface area contributed by atoms with Gasteiger partial charge in [0.1, 0.15) is 0 Å². The van der Waals surface area contributed by atoms with Crippen molar-refractivity contribution in [3.63, 3.8) is 0 Å². The zero-order valence-electron chi connectivity index (χ0n) is 11.2. The number of rotatable bonds is 2. The molecule has 3 rings (SSSR count). The lowest BCUT2D eigenvalue weighted by molar-refractivity contribution is -0.116. The fourth-order valence-corrected chi connectivity index (χ4v) is 4.50. The van der Waals surface area contributed by atoms with Crippen LogP contribution in [0.25, 0.3) is 5.57 Å². The highest BCUT2D eigenvalue weighted by Gasteiger charge is 2.45. The van der Waals surface area contributed by atoms with Gasteiger partial charge in [-0.15, -0.1) is 0 Å². The number of carbonyl (C=O) groups excluding carboxylic acids is 1. The van der Waals surface area contributed by atoms with Crippen LogP contribution in [0.1, 0.15) is 37.7 Å². The van der Waals surface area contributed by atoms with E-state index in [2.05, 4.69) is 21.2 Å². The minimum absolute atomic E-state index is 0.0226. The maximum absolute atomic E-state index is 12.5. The van der Waals surface area contributed by atoms with E-state index in [9.17, 15) is 4.79 Å². The molecule has 20 heavy (non-hydrogen) atoms. The van der Waals surface area contributed by atoms with Gasteiger partial charge in [-0.1, -0.05) is 65.0 Å². The number of halogens is 2. The molecule has 1 spiro atoms. The molecule has 1 amide bonds. The number of carbonyl (C=O) groups is 1. The molecule has 1 N–H and O–H groups in total. The normalized spacial score (nSPS) is 21.4. The Labute approximate surface area is 132 Å². The quantitative estimate of drug-likeness (QED) is 0.787. The summed E-state index contributed by atoms with van der Waals surface area (Å²) in [6.45, 7) is 0. The third kappa shape index (κ3) is 2.21. The lowest BCUT2D eigenvalue weighted by Gasteiger charge is -2.35. The molecule has 0 radical (unpaired) electrons. The zero-order chi connectivity index (χ0) is 14.2. The summed E-state index contributed by atoms with van der Waals surface area (Å²) in [4.78, 5) is 12.5. The number of hydrogen-bond donors (Lipinski definition) is 1. The second-order valence-corrected chi connectivity index (χ2v) is 6.53. The van der Waals surface area contributed by atoms with E-state index in [1.165, 1.54) is 24.8 Å². The predicted molar refractivity (Wildman–Crippen MR) is 86.1 cm³/mol. The van der Waals surface area contributed by atoms with Crippen molar-refractivity contribution in [2.75, 3.05) is 5.33 Å². The average Bonchev–Trinajstić information content (AvgIpc) is 2.71. The van der Waals surface area contributed by atoms with E-state index in [0.29, 0.717) is 10.4 Å². The van der Waals surface area contributed by atoms with Crippen LogP contribution in [0.4, 0.5) is 0 Å².